The summed E-state index contributed by atoms with van der Waals surface area (Å²) in [5, 5.41) is 3.64. The van der Waals surface area contributed by atoms with Gasteiger partial charge in [-0.2, -0.15) is 0 Å². The SMILES string of the molecule is CCn1c(C)cc(CNC2(C)CCOC2)c1C. The highest BCUT2D eigenvalue weighted by Gasteiger charge is 2.29. The number of rotatable bonds is 4. The molecule has 2 heterocycles. The van der Waals surface area contributed by atoms with E-state index < -0.39 is 0 Å². The molecule has 0 aromatic carbocycles. The van der Waals surface area contributed by atoms with Crippen LogP contribution in [0.25, 0.3) is 0 Å². The maximum Gasteiger partial charge on any atom is 0.0646 e. The van der Waals surface area contributed by atoms with Crippen molar-refractivity contribution in [3.63, 3.8) is 0 Å². The number of aromatic nitrogens is 1. The van der Waals surface area contributed by atoms with E-state index in [2.05, 4.69) is 43.6 Å². The van der Waals surface area contributed by atoms with E-state index in [9.17, 15) is 0 Å². The quantitative estimate of drug-likeness (QED) is 0.868. The fourth-order valence-electron chi connectivity index (χ4n) is 2.65. The van der Waals surface area contributed by atoms with E-state index >= 15 is 0 Å². The first-order chi connectivity index (χ1) is 8.06. The van der Waals surface area contributed by atoms with Crippen molar-refractivity contribution in [2.24, 2.45) is 0 Å². The lowest BCUT2D eigenvalue weighted by Gasteiger charge is -2.23. The van der Waals surface area contributed by atoms with Gasteiger partial charge in [0.05, 0.1) is 6.61 Å². The second kappa shape index (κ2) is 4.83. The largest absolute Gasteiger partial charge is 0.379 e. The third kappa shape index (κ3) is 2.55. The van der Waals surface area contributed by atoms with E-state index in [0.717, 1.165) is 32.7 Å². The van der Waals surface area contributed by atoms with Crippen molar-refractivity contribution in [1.82, 2.24) is 9.88 Å². The van der Waals surface area contributed by atoms with Crippen LogP contribution in [0.2, 0.25) is 0 Å². The molecule has 1 aliphatic heterocycles. The predicted molar refractivity (Wildman–Crippen MR) is 70.3 cm³/mol. The summed E-state index contributed by atoms with van der Waals surface area (Å²) in [6.07, 6.45) is 1.11. The summed E-state index contributed by atoms with van der Waals surface area (Å²) >= 11 is 0. The van der Waals surface area contributed by atoms with Crippen molar-refractivity contribution in [2.45, 2.75) is 52.7 Å². The van der Waals surface area contributed by atoms with E-state index in [1.54, 1.807) is 0 Å². The lowest BCUT2D eigenvalue weighted by atomic mass is 10.0. The maximum absolute atomic E-state index is 5.46. The molecular weight excluding hydrogens is 212 g/mol. The highest BCUT2D eigenvalue weighted by molar-refractivity contribution is 5.26. The van der Waals surface area contributed by atoms with Gasteiger partial charge in [0.1, 0.15) is 0 Å². The van der Waals surface area contributed by atoms with E-state index in [1.165, 1.54) is 17.0 Å². The fourth-order valence-corrected chi connectivity index (χ4v) is 2.65. The van der Waals surface area contributed by atoms with Gasteiger partial charge in [0, 0.05) is 36.6 Å². The highest BCUT2D eigenvalue weighted by atomic mass is 16.5. The number of nitrogens with one attached hydrogen (secondary N) is 1. The molecule has 1 saturated heterocycles. The fraction of sp³-hybridized carbons (Fsp3) is 0.714. The van der Waals surface area contributed by atoms with E-state index in [1.807, 2.05) is 0 Å². The van der Waals surface area contributed by atoms with Gasteiger partial charge < -0.3 is 14.6 Å². The predicted octanol–water partition coefficient (Wildman–Crippen LogP) is 2.39. The summed E-state index contributed by atoms with van der Waals surface area (Å²) in [6, 6.07) is 2.30. The van der Waals surface area contributed by atoms with Crippen LogP contribution < -0.4 is 5.32 Å². The lowest BCUT2D eigenvalue weighted by molar-refractivity contribution is 0.171. The zero-order valence-electron chi connectivity index (χ0n) is 11.5. The number of ether oxygens (including phenoxy) is 1. The van der Waals surface area contributed by atoms with Crippen molar-refractivity contribution in [3.05, 3.63) is 23.0 Å². The monoisotopic (exact) mass is 236 g/mol. The third-order valence-corrected chi connectivity index (χ3v) is 3.92. The Morgan fingerprint density at radius 3 is 2.76 bits per heavy atom. The minimum atomic E-state index is 0.161. The maximum atomic E-state index is 5.46. The number of hydrogen-bond donors (Lipinski definition) is 1. The highest BCUT2D eigenvalue weighted by Crippen LogP contribution is 2.20. The summed E-state index contributed by atoms with van der Waals surface area (Å²) in [6.45, 7) is 12.6. The lowest BCUT2D eigenvalue weighted by Crippen LogP contribution is -2.42. The normalized spacial score (nSPS) is 24.5. The van der Waals surface area contributed by atoms with Gasteiger partial charge in [-0.05, 0) is 45.7 Å². The molecule has 0 amide bonds. The van der Waals surface area contributed by atoms with E-state index in [-0.39, 0.29) is 5.54 Å². The average Bonchev–Trinajstić information content (AvgIpc) is 2.82. The van der Waals surface area contributed by atoms with Crippen molar-refractivity contribution in [3.8, 4) is 0 Å². The summed E-state index contributed by atoms with van der Waals surface area (Å²) < 4.78 is 7.83. The smallest absolute Gasteiger partial charge is 0.0646 e. The molecule has 0 radical (unpaired) electrons. The Morgan fingerprint density at radius 2 is 2.24 bits per heavy atom. The second-order valence-electron chi connectivity index (χ2n) is 5.36. The molecule has 3 heteroatoms. The van der Waals surface area contributed by atoms with Crippen LogP contribution in [-0.4, -0.2) is 23.3 Å². The molecular formula is C14H24N2O. The Labute approximate surface area is 104 Å². The molecule has 1 aliphatic rings. The Hall–Kier alpha value is -0.800. The van der Waals surface area contributed by atoms with Crippen LogP contribution in [0.5, 0.6) is 0 Å². The molecule has 3 nitrogen and oxygen atoms in total. The van der Waals surface area contributed by atoms with Gasteiger partial charge in [0.2, 0.25) is 0 Å². The van der Waals surface area contributed by atoms with Gasteiger partial charge in [-0.25, -0.2) is 0 Å². The van der Waals surface area contributed by atoms with Crippen molar-refractivity contribution >= 4 is 0 Å². The molecule has 1 N–H and O–H groups in total. The zero-order chi connectivity index (χ0) is 12.5. The number of nitrogens with zero attached hydrogens (tertiary/aromatic N) is 1. The summed E-state index contributed by atoms with van der Waals surface area (Å²) in [7, 11) is 0. The third-order valence-electron chi connectivity index (χ3n) is 3.92. The Balaban J connectivity index is 2.04. The Kier molecular flexibility index (Phi) is 3.59. The molecule has 1 unspecified atom stereocenters. The van der Waals surface area contributed by atoms with Gasteiger partial charge >= 0.3 is 0 Å². The first kappa shape index (κ1) is 12.7. The van der Waals surface area contributed by atoms with E-state index in [4.69, 9.17) is 4.74 Å². The molecule has 17 heavy (non-hydrogen) atoms. The van der Waals surface area contributed by atoms with Crippen LogP contribution in [0, 0.1) is 13.8 Å². The standard InChI is InChI=1S/C14H24N2O/c1-5-16-11(2)8-13(12(16)3)9-15-14(4)6-7-17-10-14/h8,15H,5-7,9-10H2,1-4H3. The topological polar surface area (TPSA) is 26.2 Å². The second-order valence-corrected chi connectivity index (χ2v) is 5.36. The summed E-state index contributed by atoms with van der Waals surface area (Å²) in [5.41, 5.74) is 4.32. The van der Waals surface area contributed by atoms with Gasteiger partial charge in [0.25, 0.3) is 0 Å². The van der Waals surface area contributed by atoms with Crippen LogP contribution in [0.15, 0.2) is 6.07 Å². The zero-order valence-corrected chi connectivity index (χ0v) is 11.5. The van der Waals surface area contributed by atoms with Crippen LogP contribution in [0.1, 0.15) is 37.2 Å². The van der Waals surface area contributed by atoms with Gasteiger partial charge in [0.15, 0.2) is 0 Å². The van der Waals surface area contributed by atoms with Crippen LogP contribution >= 0.6 is 0 Å². The minimum Gasteiger partial charge on any atom is -0.379 e. The molecule has 1 aromatic heterocycles. The molecule has 1 atom stereocenters. The van der Waals surface area contributed by atoms with Gasteiger partial charge in [-0.3, -0.25) is 0 Å². The molecule has 0 spiro atoms. The van der Waals surface area contributed by atoms with Crippen molar-refractivity contribution in [1.29, 1.82) is 0 Å². The molecule has 0 aliphatic carbocycles. The van der Waals surface area contributed by atoms with Gasteiger partial charge in [-0.15, -0.1) is 0 Å². The molecule has 1 aromatic rings. The first-order valence-electron chi connectivity index (χ1n) is 6.54. The first-order valence-corrected chi connectivity index (χ1v) is 6.54. The number of aryl methyl sites for hydroxylation is 1. The Morgan fingerprint density at radius 1 is 1.47 bits per heavy atom. The van der Waals surface area contributed by atoms with Crippen molar-refractivity contribution < 1.29 is 4.74 Å². The van der Waals surface area contributed by atoms with Crippen LogP contribution in [0.3, 0.4) is 0 Å². The average molecular weight is 236 g/mol. The van der Waals surface area contributed by atoms with E-state index in [0.29, 0.717) is 0 Å². The minimum absolute atomic E-state index is 0.161. The number of hydrogen-bond acceptors (Lipinski definition) is 2. The molecule has 0 bridgehead atoms. The molecule has 2 rings (SSSR count). The summed E-state index contributed by atoms with van der Waals surface area (Å²) in [5.74, 6) is 0. The Bertz CT molecular complexity index is 389. The van der Waals surface area contributed by atoms with Crippen molar-refractivity contribution in [2.75, 3.05) is 13.2 Å². The van der Waals surface area contributed by atoms with Gasteiger partial charge in [-0.1, -0.05) is 0 Å². The molecule has 96 valence electrons. The molecule has 1 fully saturated rings. The van der Waals surface area contributed by atoms with Crippen LogP contribution in [-0.2, 0) is 17.8 Å². The van der Waals surface area contributed by atoms with Crippen LogP contribution in [0.4, 0.5) is 0 Å². The molecule has 0 saturated carbocycles. The summed E-state index contributed by atoms with van der Waals surface area (Å²) in [4.78, 5) is 0.